The van der Waals surface area contributed by atoms with Crippen molar-refractivity contribution >= 4 is 11.6 Å². The first-order chi connectivity index (χ1) is 39.0. The molecule has 16 N–H and O–H groups in total. The fourth-order valence-corrected chi connectivity index (χ4v) is 10.1. The molecule has 10 rings (SSSR count). The Hall–Kier alpha value is -5.48. The summed E-state index contributed by atoms with van der Waals surface area (Å²) in [6.07, 6.45) is -32.0. The quantitative estimate of drug-likeness (QED) is 0.0661. The molecule has 28 nitrogen and oxygen atoms in total. The monoisotopic (exact) mass is 1220 g/mol. The van der Waals surface area contributed by atoms with E-state index in [0.717, 1.165) is 12.1 Å². The molecule has 0 bridgehead atoms. The molecular weight excluding hydrogens is 1160 g/mol. The Morgan fingerprint density at radius 3 is 1.13 bits per heavy atom. The zero-order valence-electron chi connectivity index (χ0n) is 44.2. The number of phenols is 4. The van der Waals surface area contributed by atoms with Crippen LogP contribution in [0.15, 0.2) is 72.8 Å². The first-order valence-electron chi connectivity index (χ1n) is 26.0. The minimum Gasteiger partial charge on any atom is -0.508 e. The van der Waals surface area contributed by atoms with Crippen LogP contribution in [0.25, 0.3) is 0 Å². The van der Waals surface area contributed by atoms with Crippen LogP contribution in [-0.4, -0.2) is 229 Å². The van der Waals surface area contributed by atoms with E-state index >= 15 is 0 Å². The van der Waals surface area contributed by atoms with Gasteiger partial charge in [0.05, 0.1) is 38.3 Å². The number of fused-ring (bicyclic) bond motifs is 2. The molecule has 0 amide bonds. The van der Waals surface area contributed by atoms with Crippen molar-refractivity contribution in [2.24, 2.45) is 0 Å². The molecule has 4 fully saturated rings. The van der Waals surface area contributed by atoms with Gasteiger partial charge in [-0.2, -0.15) is 0 Å². The molecule has 29 heteroatoms. The zero-order chi connectivity index (χ0) is 59.2. The first-order valence-corrected chi connectivity index (χ1v) is 26.0. The predicted molar refractivity (Wildman–Crippen MR) is 268 cm³/mol. The topological polar surface area (TPSA) is 450 Å². The molecule has 6 aliphatic rings. The van der Waals surface area contributed by atoms with Crippen molar-refractivity contribution in [2.45, 2.75) is 162 Å². The van der Waals surface area contributed by atoms with Gasteiger partial charge in [0.25, 0.3) is 0 Å². The average Bonchev–Trinajstić information content (AvgIpc) is 3.18. The van der Waals surface area contributed by atoms with Crippen molar-refractivity contribution in [3.05, 3.63) is 95.1 Å². The maximum absolute atomic E-state index is 12.9. The maximum atomic E-state index is 12.9. The van der Waals surface area contributed by atoms with Gasteiger partial charge in [0, 0.05) is 43.7 Å². The number of aromatic hydroxyl groups is 4. The summed E-state index contributed by atoms with van der Waals surface area (Å²) < 4.78 is 57.1. The summed E-state index contributed by atoms with van der Waals surface area (Å²) in [6.45, 7) is 1.43. The Balaban J connectivity index is 0.000000214. The molecule has 6 aliphatic heterocycles. The summed E-state index contributed by atoms with van der Waals surface area (Å²) in [4.78, 5) is 25.7. The van der Waals surface area contributed by atoms with Crippen LogP contribution >= 0.6 is 0 Å². The van der Waals surface area contributed by atoms with E-state index in [2.05, 4.69) is 0 Å². The van der Waals surface area contributed by atoms with Crippen molar-refractivity contribution in [2.75, 3.05) is 13.2 Å². The Morgan fingerprint density at radius 2 is 0.795 bits per heavy atom. The minimum atomic E-state index is -1.75. The van der Waals surface area contributed by atoms with Crippen molar-refractivity contribution < 1.29 is 158 Å². The molecule has 0 saturated carbocycles. The third kappa shape index (κ3) is 13.3. The molecule has 0 aliphatic carbocycles. The number of aliphatic hydroxyl groups excluding tert-OH is 12. The second-order valence-electron chi connectivity index (χ2n) is 20.5. The molecule has 22 atom stereocenters. The number of rotatable bonds is 12. The van der Waals surface area contributed by atoms with Crippen LogP contribution in [0.1, 0.15) is 70.7 Å². The van der Waals surface area contributed by atoms with E-state index in [9.17, 15) is 91.3 Å². The van der Waals surface area contributed by atoms with Crippen LogP contribution in [0.5, 0.6) is 46.0 Å². The van der Waals surface area contributed by atoms with Crippen LogP contribution in [0.4, 0.5) is 0 Å². The fraction of sp³-hybridized carbons (Fsp3) is 0.519. The van der Waals surface area contributed by atoms with Crippen LogP contribution in [0.2, 0.25) is 0 Å². The van der Waals surface area contributed by atoms with Crippen molar-refractivity contribution in [1.82, 2.24) is 0 Å². The van der Waals surface area contributed by atoms with Gasteiger partial charge in [-0.15, -0.1) is 0 Å². The van der Waals surface area contributed by atoms with E-state index in [1.165, 1.54) is 50.2 Å². The maximum Gasteiger partial charge on any atom is 0.229 e. The Morgan fingerprint density at radius 1 is 0.446 bits per heavy atom. The summed E-state index contributed by atoms with van der Waals surface area (Å²) in [7, 11) is 0. The first kappa shape index (κ1) is 63.5. The second-order valence-corrected chi connectivity index (χ2v) is 20.5. The molecule has 4 aromatic rings. The summed E-state index contributed by atoms with van der Waals surface area (Å²) in [6, 6.07) is 17.0. The largest absolute Gasteiger partial charge is 0.508 e. The molecule has 4 aromatic carbocycles. The van der Waals surface area contributed by atoms with Gasteiger partial charge in [-0.3, -0.25) is 9.59 Å². The van der Waals surface area contributed by atoms with Gasteiger partial charge in [0.15, 0.2) is 36.4 Å². The van der Waals surface area contributed by atoms with E-state index in [0.29, 0.717) is 11.1 Å². The van der Waals surface area contributed by atoms with Crippen molar-refractivity contribution in [3.8, 4) is 46.0 Å². The predicted octanol–water partition coefficient (Wildman–Crippen LogP) is -2.33. The molecule has 83 heavy (non-hydrogen) atoms. The molecule has 6 heterocycles. The summed E-state index contributed by atoms with van der Waals surface area (Å²) >= 11 is 0. The smallest absolute Gasteiger partial charge is 0.229 e. The van der Waals surface area contributed by atoms with E-state index in [1.807, 2.05) is 0 Å². The van der Waals surface area contributed by atoms with Crippen molar-refractivity contribution in [1.29, 1.82) is 0 Å². The van der Waals surface area contributed by atoms with Gasteiger partial charge in [0.2, 0.25) is 12.6 Å². The molecular formula is C54H64O28Zn. The number of carbonyl (C=O) groups is 2. The van der Waals surface area contributed by atoms with Crippen LogP contribution in [0.3, 0.4) is 0 Å². The van der Waals surface area contributed by atoms with Gasteiger partial charge in [-0.1, -0.05) is 24.3 Å². The number of phenolic OH excluding ortho intramolecular Hbond substituents is 4. The summed E-state index contributed by atoms with van der Waals surface area (Å²) in [5.74, 6) is -1.89. The van der Waals surface area contributed by atoms with Gasteiger partial charge >= 0.3 is 0 Å². The number of ketones is 2. The van der Waals surface area contributed by atoms with E-state index in [4.69, 9.17) is 47.4 Å². The third-order valence-electron chi connectivity index (χ3n) is 14.8. The molecule has 20 unspecified atom stereocenters. The third-order valence-corrected chi connectivity index (χ3v) is 14.8. The summed E-state index contributed by atoms with van der Waals surface area (Å²) in [5.41, 5.74) is 1.06. The van der Waals surface area contributed by atoms with Gasteiger partial charge < -0.3 is 129 Å². The minimum absolute atomic E-state index is 0. The Bertz CT molecular complexity index is 2670. The number of hydrogen-bond acceptors (Lipinski definition) is 28. The molecule has 4 saturated heterocycles. The SMILES string of the molecule is CC1OC(OC2C(Oc3cc(O)c4c(c3)O[C@H](c3ccc(O)cc3)CC4=O)OC(CO)C(O)C2O)C(O)C(O)C1O.CC1OC(OC2C(Oc3cc(O)c4c(c3)O[C@H](c3ccc(O)cc3)CC4=O)OC(CO)C(O)C2O)C(O)C(O)C1O.[Zn]. The summed E-state index contributed by atoms with van der Waals surface area (Å²) in [5, 5.41) is 163. The number of benzene rings is 4. The van der Waals surface area contributed by atoms with Crippen LogP contribution < -0.4 is 18.9 Å². The zero-order valence-corrected chi connectivity index (χ0v) is 47.2. The molecule has 0 radical (unpaired) electrons. The fourth-order valence-electron chi connectivity index (χ4n) is 10.1. The van der Waals surface area contributed by atoms with E-state index < -0.39 is 171 Å². The van der Waals surface area contributed by atoms with E-state index in [-0.39, 0.29) is 77.9 Å². The normalized spacial score (nSPS) is 36.8. The van der Waals surface area contributed by atoms with Crippen molar-refractivity contribution in [3.63, 3.8) is 0 Å². The molecule has 450 valence electrons. The van der Waals surface area contributed by atoms with Crippen LogP contribution in [-0.2, 0) is 47.9 Å². The number of Topliss-reactive ketones (excluding diaryl/α,β-unsaturated/α-hetero) is 2. The van der Waals surface area contributed by atoms with Crippen LogP contribution in [0, 0.1) is 0 Å². The number of aliphatic hydroxyl groups is 12. The Kier molecular flexibility index (Phi) is 20.2. The number of hydrogen-bond donors (Lipinski definition) is 16. The van der Waals surface area contributed by atoms with E-state index in [1.54, 1.807) is 24.3 Å². The molecule has 0 aromatic heterocycles. The van der Waals surface area contributed by atoms with Gasteiger partial charge in [-0.05, 0) is 49.2 Å². The Labute approximate surface area is 484 Å². The molecule has 0 spiro atoms. The number of ether oxygens (including phenoxy) is 10. The average molecular weight is 1230 g/mol. The van der Waals surface area contributed by atoms with Gasteiger partial charge in [0.1, 0.15) is 143 Å². The van der Waals surface area contributed by atoms with Gasteiger partial charge in [-0.25, -0.2) is 0 Å². The standard InChI is InChI=1S/2C27H32O14.Zn/c2*1-10-20(32)22(34)24(36)26(37-10)41-25-23(35)21(33)18(9-28)40-27(25)38-13-6-14(30)19-15(31)8-16(39-17(19)7-13)11-2-4-12(29)5-3-11;/h2*2-7,10,16,18,20-30,32-36H,8-9H2,1H3;/t2*10?,16-,18?,20?,21?,22?,23?,24?,25?,26?,27?;/m00./s1. The number of carbonyl (C=O) groups excluding carboxylic acids is 2. The second kappa shape index (κ2) is 26.4.